The van der Waals surface area contributed by atoms with Crippen LogP contribution in [-0.4, -0.2) is 23.1 Å². The topological polar surface area (TPSA) is 63.2 Å². The number of fused-ring (bicyclic) bond motifs is 1. The Balaban J connectivity index is 1.87. The van der Waals surface area contributed by atoms with Gasteiger partial charge in [0.2, 0.25) is 0 Å². The molecular weight excluding hydrogens is 402 g/mol. The first-order chi connectivity index (χ1) is 12.1. The van der Waals surface area contributed by atoms with Crippen LogP contribution in [0, 0.1) is 0 Å². The van der Waals surface area contributed by atoms with E-state index in [4.69, 9.17) is 17.0 Å². The third kappa shape index (κ3) is 3.78. The van der Waals surface area contributed by atoms with Gasteiger partial charge in [0, 0.05) is 6.20 Å². The van der Waals surface area contributed by atoms with E-state index >= 15 is 0 Å². The predicted octanol–water partition coefficient (Wildman–Crippen LogP) is 4.13. The van der Waals surface area contributed by atoms with E-state index in [1.807, 2.05) is 30.3 Å². The number of amides is 1. The summed E-state index contributed by atoms with van der Waals surface area (Å²) in [5.74, 6) is 0.646. The molecule has 0 radical (unpaired) electrons. The average Bonchev–Trinajstić information content (AvgIpc) is 2.62. The number of aromatic nitrogens is 1. The van der Waals surface area contributed by atoms with Gasteiger partial charge in [-0.15, -0.1) is 0 Å². The van der Waals surface area contributed by atoms with Gasteiger partial charge < -0.3 is 10.1 Å². The molecule has 0 fully saturated rings. The van der Waals surface area contributed by atoms with E-state index in [0.29, 0.717) is 17.1 Å². The fourth-order valence-corrected chi connectivity index (χ4v) is 3.34. The second-order valence-electron chi connectivity index (χ2n) is 5.12. The minimum Gasteiger partial charge on any atom is -0.495 e. The van der Waals surface area contributed by atoms with E-state index in [2.05, 4.69) is 31.5 Å². The summed E-state index contributed by atoms with van der Waals surface area (Å²) in [5.41, 5.74) is 0.387. The monoisotopic (exact) mass is 415 g/mol. The van der Waals surface area contributed by atoms with Crippen LogP contribution in [0.3, 0.4) is 0 Å². The second-order valence-corrected chi connectivity index (χ2v) is 6.32. The van der Waals surface area contributed by atoms with E-state index in [0.717, 1.165) is 15.2 Å². The maximum atomic E-state index is 12.7. The summed E-state index contributed by atoms with van der Waals surface area (Å²) in [6.07, 6.45) is 1.64. The first-order valence-corrected chi connectivity index (χ1v) is 8.59. The Morgan fingerprint density at radius 2 is 1.96 bits per heavy atom. The first kappa shape index (κ1) is 17.3. The Morgan fingerprint density at radius 3 is 2.68 bits per heavy atom. The molecule has 3 rings (SSSR count). The van der Waals surface area contributed by atoms with Gasteiger partial charge in [-0.25, -0.2) is 4.98 Å². The molecule has 1 amide bonds. The minimum atomic E-state index is -0.364. The molecule has 0 atom stereocenters. The Bertz CT molecular complexity index is 948. The van der Waals surface area contributed by atoms with Crippen molar-refractivity contribution in [2.45, 2.75) is 0 Å². The number of nitrogens with one attached hydrogen (secondary N) is 2. The van der Waals surface area contributed by atoms with Crippen LogP contribution < -0.4 is 15.4 Å². The van der Waals surface area contributed by atoms with Gasteiger partial charge in [0.1, 0.15) is 11.6 Å². The quantitative estimate of drug-likeness (QED) is 0.629. The van der Waals surface area contributed by atoms with Gasteiger partial charge >= 0.3 is 0 Å². The molecular formula is C18H14BrN3O2S. The van der Waals surface area contributed by atoms with E-state index in [1.54, 1.807) is 24.4 Å². The Morgan fingerprint density at radius 1 is 1.20 bits per heavy atom. The molecule has 0 saturated carbocycles. The molecule has 126 valence electrons. The number of halogens is 1. The zero-order valence-electron chi connectivity index (χ0n) is 13.2. The highest BCUT2D eigenvalue weighted by atomic mass is 79.9. The molecule has 3 aromatic rings. The normalized spacial score (nSPS) is 10.3. The van der Waals surface area contributed by atoms with E-state index < -0.39 is 0 Å². The van der Waals surface area contributed by atoms with Crippen molar-refractivity contribution in [1.29, 1.82) is 0 Å². The van der Waals surface area contributed by atoms with Crippen molar-refractivity contribution in [1.82, 2.24) is 10.3 Å². The van der Waals surface area contributed by atoms with Crippen molar-refractivity contribution in [3.8, 4) is 5.75 Å². The summed E-state index contributed by atoms with van der Waals surface area (Å²) in [7, 11) is 1.52. The molecule has 1 heterocycles. The molecule has 7 heteroatoms. The summed E-state index contributed by atoms with van der Waals surface area (Å²) in [4.78, 5) is 16.8. The number of pyridine rings is 1. The predicted molar refractivity (Wildman–Crippen MR) is 106 cm³/mol. The summed E-state index contributed by atoms with van der Waals surface area (Å²) in [5, 5.41) is 7.56. The second kappa shape index (κ2) is 7.58. The summed E-state index contributed by atoms with van der Waals surface area (Å²) < 4.78 is 6.15. The van der Waals surface area contributed by atoms with Crippen LogP contribution >= 0.6 is 28.1 Å². The highest BCUT2D eigenvalue weighted by Gasteiger charge is 2.19. The molecule has 2 N–H and O–H groups in total. The lowest BCUT2D eigenvalue weighted by molar-refractivity contribution is 0.0975. The third-order valence-electron chi connectivity index (χ3n) is 3.52. The summed E-state index contributed by atoms with van der Waals surface area (Å²) in [6.45, 7) is 0. The van der Waals surface area contributed by atoms with Crippen LogP contribution in [-0.2, 0) is 0 Å². The number of nitrogens with zero attached hydrogens (tertiary/aromatic N) is 1. The first-order valence-electron chi connectivity index (χ1n) is 7.38. The smallest absolute Gasteiger partial charge is 0.261 e. The zero-order chi connectivity index (χ0) is 17.8. The lowest BCUT2D eigenvalue weighted by Crippen LogP contribution is -2.34. The highest BCUT2D eigenvalue weighted by molar-refractivity contribution is 9.10. The summed E-state index contributed by atoms with van der Waals surface area (Å²) >= 11 is 8.70. The number of hydrogen-bond acceptors (Lipinski definition) is 4. The fourth-order valence-electron chi connectivity index (χ4n) is 2.41. The van der Waals surface area contributed by atoms with E-state index in [-0.39, 0.29) is 11.0 Å². The van der Waals surface area contributed by atoms with Gasteiger partial charge in [0.25, 0.3) is 5.91 Å². The van der Waals surface area contributed by atoms with Crippen LogP contribution in [0.25, 0.3) is 10.8 Å². The van der Waals surface area contributed by atoms with Crippen LogP contribution in [0.1, 0.15) is 10.4 Å². The zero-order valence-corrected chi connectivity index (χ0v) is 15.6. The van der Waals surface area contributed by atoms with Crippen LogP contribution in [0.2, 0.25) is 0 Å². The van der Waals surface area contributed by atoms with Gasteiger partial charge in [0.05, 0.1) is 17.1 Å². The molecule has 25 heavy (non-hydrogen) atoms. The average molecular weight is 416 g/mol. The number of carbonyl (C=O) groups excluding carboxylic acids is 1. The van der Waals surface area contributed by atoms with E-state index in [9.17, 15) is 4.79 Å². The summed E-state index contributed by atoms with van der Waals surface area (Å²) in [6, 6.07) is 14.9. The largest absolute Gasteiger partial charge is 0.495 e. The van der Waals surface area contributed by atoms with Crippen LogP contribution in [0.4, 0.5) is 5.82 Å². The van der Waals surface area contributed by atoms with E-state index in [1.165, 1.54) is 7.11 Å². The molecule has 0 aliphatic carbocycles. The number of rotatable bonds is 3. The number of methoxy groups -OCH3 is 1. The van der Waals surface area contributed by atoms with Gasteiger partial charge in [-0.05, 0) is 57.1 Å². The Labute approximate surface area is 158 Å². The molecule has 0 spiro atoms. The molecule has 5 nitrogen and oxygen atoms in total. The SMILES string of the molecule is COc1c(C(=O)NC(=S)Nc2ccccn2)cc2ccccc2c1Br. The van der Waals surface area contributed by atoms with Gasteiger partial charge in [-0.1, -0.05) is 30.3 Å². The maximum Gasteiger partial charge on any atom is 0.261 e. The molecule has 0 aliphatic heterocycles. The van der Waals surface area contributed by atoms with Crippen molar-refractivity contribution in [3.05, 3.63) is 64.8 Å². The molecule has 2 aromatic carbocycles. The Hall–Kier alpha value is -2.51. The number of carbonyl (C=O) groups is 1. The van der Waals surface area contributed by atoms with Gasteiger partial charge in [-0.2, -0.15) is 0 Å². The van der Waals surface area contributed by atoms with Crippen molar-refractivity contribution in [2.24, 2.45) is 0 Å². The standard InChI is InChI=1S/C18H14BrN3O2S/c1-24-16-13(10-11-6-2-3-7-12(11)15(16)19)17(23)22-18(25)21-14-8-4-5-9-20-14/h2-10H,1H3,(H2,20,21,22,23,25). The molecule has 0 unspecified atom stereocenters. The number of hydrogen-bond donors (Lipinski definition) is 2. The fraction of sp³-hybridized carbons (Fsp3) is 0.0556. The number of thiocarbonyl (C=S) groups is 1. The van der Waals surface area contributed by atoms with Crippen molar-refractivity contribution in [2.75, 3.05) is 12.4 Å². The minimum absolute atomic E-state index is 0.162. The van der Waals surface area contributed by atoms with Gasteiger partial charge in [-0.3, -0.25) is 10.1 Å². The number of ether oxygens (including phenoxy) is 1. The molecule has 0 aliphatic rings. The maximum absolute atomic E-state index is 12.7. The molecule has 0 bridgehead atoms. The van der Waals surface area contributed by atoms with Crippen molar-refractivity contribution < 1.29 is 9.53 Å². The van der Waals surface area contributed by atoms with Crippen molar-refractivity contribution >= 4 is 55.8 Å². The van der Waals surface area contributed by atoms with Gasteiger partial charge in [0.15, 0.2) is 5.11 Å². The Kier molecular flexibility index (Phi) is 5.25. The molecule has 0 saturated heterocycles. The highest BCUT2D eigenvalue weighted by Crippen LogP contribution is 2.36. The van der Waals surface area contributed by atoms with Crippen LogP contribution in [0.15, 0.2) is 59.2 Å². The third-order valence-corrected chi connectivity index (χ3v) is 4.51. The van der Waals surface area contributed by atoms with Crippen molar-refractivity contribution in [3.63, 3.8) is 0 Å². The van der Waals surface area contributed by atoms with Crippen LogP contribution in [0.5, 0.6) is 5.75 Å². The molecule has 1 aromatic heterocycles. The lowest BCUT2D eigenvalue weighted by atomic mass is 10.1. The number of anilines is 1. The number of benzene rings is 2. The lowest BCUT2D eigenvalue weighted by Gasteiger charge is -2.14.